The van der Waals surface area contributed by atoms with Crippen LogP contribution in [0.3, 0.4) is 0 Å². The van der Waals surface area contributed by atoms with Gasteiger partial charge in [-0.3, -0.25) is 14.4 Å². The number of carbonyl (C=O) groups excluding carboxylic acids is 3. The minimum absolute atomic E-state index is 0.0883. The molecule has 0 aromatic heterocycles. The molecule has 0 rings (SSSR count). The fourth-order valence-corrected chi connectivity index (χ4v) is 9.09. The van der Waals surface area contributed by atoms with E-state index >= 15 is 0 Å². The van der Waals surface area contributed by atoms with Gasteiger partial charge in [0.05, 0.1) is 0 Å². The van der Waals surface area contributed by atoms with Crippen molar-refractivity contribution in [3.63, 3.8) is 0 Å². The molecule has 432 valence electrons. The van der Waals surface area contributed by atoms with E-state index in [4.69, 9.17) is 14.2 Å². The number of hydrogen-bond donors (Lipinski definition) is 0. The number of carbonyl (C=O) groups is 3. The van der Waals surface area contributed by atoms with Crippen molar-refractivity contribution in [1.29, 1.82) is 0 Å². The molecule has 0 amide bonds. The molecule has 0 aliphatic carbocycles. The van der Waals surface area contributed by atoms with Gasteiger partial charge in [-0.05, 0) is 96.3 Å². The van der Waals surface area contributed by atoms with Gasteiger partial charge in [-0.2, -0.15) is 0 Å². The summed E-state index contributed by atoms with van der Waals surface area (Å²) in [6, 6.07) is 0. The summed E-state index contributed by atoms with van der Waals surface area (Å²) >= 11 is 0. The highest BCUT2D eigenvalue weighted by Gasteiger charge is 2.19. The highest BCUT2D eigenvalue weighted by Crippen LogP contribution is 2.17. The molecule has 6 heteroatoms. The molecule has 1 unspecified atom stereocenters. The number of hydrogen-bond acceptors (Lipinski definition) is 6. The van der Waals surface area contributed by atoms with Crippen LogP contribution in [-0.4, -0.2) is 37.2 Å². The van der Waals surface area contributed by atoms with Gasteiger partial charge in [-0.1, -0.05) is 286 Å². The number of esters is 3. The first-order chi connectivity index (χ1) is 37.0. The van der Waals surface area contributed by atoms with E-state index in [1.807, 2.05) is 0 Å². The molecule has 0 N–H and O–H groups in total. The van der Waals surface area contributed by atoms with Crippen molar-refractivity contribution in [2.45, 2.75) is 322 Å². The molecule has 6 nitrogen and oxygen atoms in total. The minimum atomic E-state index is -0.796. The molecule has 0 saturated heterocycles. The number of unbranched alkanes of at least 4 members (excludes halogenated alkanes) is 33. The Bertz CT molecular complexity index is 1430. The number of rotatable bonds is 58. The molecule has 0 saturated carbocycles. The monoisotopic (exact) mass is 1040 g/mol. The molecule has 1 atom stereocenters. The lowest BCUT2D eigenvalue weighted by atomic mass is 10.0. The second-order valence-corrected chi connectivity index (χ2v) is 21.3. The quantitative estimate of drug-likeness (QED) is 0.0261. The third-order valence-electron chi connectivity index (χ3n) is 13.9. The van der Waals surface area contributed by atoms with Crippen LogP contribution in [0.4, 0.5) is 0 Å². The Hall–Kier alpha value is -3.41. The Kier molecular flexibility index (Phi) is 60.3. The van der Waals surface area contributed by atoms with E-state index in [1.165, 1.54) is 180 Å². The van der Waals surface area contributed by atoms with Gasteiger partial charge in [-0.25, -0.2) is 0 Å². The molecule has 0 aromatic rings. The fourth-order valence-electron chi connectivity index (χ4n) is 9.09. The van der Waals surface area contributed by atoms with Crippen LogP contribution in [0, 0.1) is 0 Å². The van der Waals surface area contributed by atoms with Crippen LogP contribution in [0.2, 0.25) is 0 Å². The van der Waals surface area contributed by atoms with E-state index in [1.54, 1.807) is 0 Å². The third kappa shape index (κ3) is 61.3. The van der Waals surface area contributed by atoms with Gasteiger partial charge < -0.3 is 14.2 Å². The smallest absolute Gasteiger partial charge is 0.306 e. The van der Waals surface area contributed by atoms with Crippen molar-refractivity contribution in [3.05, 3.63) is 85.1 Å². The van der Waals surface area contributed by atoms with E-state index in [2.05, 4.69) is 106 Å². The molecule has 0 spiro atoms. The molecular weight excluding hydrogens is 925 g/mol. The first-order valence-electron chi connectivity index (χ1n) is 32.1. The van der Waals surface area contributed by atoms with Crippen LogP contribution >= 0.6 is 0 Å². The highest BCUT2D eigenvalue weighted by atomic mass is 16.6. The van der Waals surface area contributed by atoms with Gasteiger partial charge in [0, 0.05) is 19.3 Å². The Morgan fingerprint density at radius 3 is 0.853 bits per heavy atom. The van der Waals surface area contributed by atoms with E-state index in [0.717, 1.165) is 96.3 Å². The van der Waals surface area contributed by atoms with E-state index in [0.29, 0.717) is 19.3 Å². The summed E-state index contributed by atoms with van der Waals surface area (Å²) in [6.45, 7) is 6.53. The van der Waals surface area contributed by atoms with E-state index < -0.39 is 6.10 Å². The van der Waals surface area contributed by atoms with E-state index in [-0.39, 0.29) is 31.1 Å². The average Bonchev–Trinajstić information content (AvgIpc) is 3.41. The zero-order chi connectivity index (χ0) is 54.3. The summed E-state index contributed by atoms with van der Waals surface area (Å²) in [5.41, 5.74) is 0. The largest absolute Gasteiger partial charge is 0.462 e. The maximum Gasteiger partial charge on any atom is 0.306 e. The Labute approximate surface area is 465 Å². The molecule has 75 heavy (non-hydrogen) atoms. The first-order valence-corrected chi connectivity index (χ1v) is 32.1. The molecule has 0 aliphatic heterocycles. The Balaban J connectivity index is 4.44. The van der Waals surface area contributed by atoms with Crippen LogP contribution in [0.15, 0.2) is 85.1 Å². The van der Waals surface area contributed by atoms with Gasteiger partial charge >= 0.3 is 17.9 Å². The molecule has 0 fully saturated rings. The lowest BCUT2D eigenvalue weighted by Crippen LogP contribution is -2.30. The maximum atomic E-state index is 12.9. The van der Waals surface area contributed by atoms with Crippen molar-refractivity contribution < 1.29 is 28.6 Å². The van der Waals surface area contributed by atoms with Crippen molar-refractivity contribution in [2.75, 3.05) is 13.2 Å². The second kappa shape index (κ2) is 63.1. The van der Waals surface area contributed by atoms with Crippen LogP contribution in [0.1, 0.15) is 316 Å². The SMILES string of the molecule is CC/C=C\C/C=C\C/C=C\C/C=C\C/C=C\C/C=C\CCCCC(=O)OCC(COC(=O)CCCCCCCCCCCCCCCCCCC)OC(=O)CCCCCCCCCCC/C=C\CCCCCCCC. The molecule has 0 aliphatic rings. The highest BCUT2D eigenvalue weighted by molar-refractivity contribution is 5.71. The third-order valence-corrected chi connectivity index (χ3v) is 13.9. The van der Waals surface area contributed by atoms with Gasteiger partial charge in [0.1, 0.15) is 13.2 Å². The molecule has 0 aromatic carbocycles. The summed E-state index contributed by atoms with van der Waals surface area (Å²) in [6.07, 6.45) is 83.0. The summed E-state index contributed by atoms with van der Waals surface area (Å²) < 4.78 is 16.9. The van der Waals surface area contributed by atoms with Gasteiger partial charge in [0.25, 0.3) is 0 Å². The topological polar surface area (TPSA) is 78.9 Å². The first kappa shape index (κ1) is 71.6. The summed E-state index contributed by atoms with van der Waals surface area (Å²) in [4.78, 5) is 38.3. The normalized spacial score (nSPS) is 12.6. The Morgan fingerprint density at radius 1 is 0.280 bits per heavy atom. The average molecular weight is 1050 g/mol. The number of allylic oxidation sites excluding steroid dienone is 14. The summed E-state index contributed by atoms with van der Waals surface area (Å²) in [5, 5.41) is 0. The molecule has 0 heterocycles. The molecule has 0 bridgehead atoms. The van der Waals surface area contributed by atoms with Crippen LogP contribution in [0.25, 0.3) is 0 Å². The lowest BCUT2D eigenvalue weighted by molar-refractivity contribution is -0.167. The van der Waals surface area contributed by atoms with Crippen LogP contribution in [-0.2, 0) is 28.6 Å². The minimum Gasteiger partial charge on any atom is -0.462 e. The lowest BCUT2D eigenvalue weighted by Gasteiger charge is -2.18. The zero-order valence-corrected chi connectivity index (χ0v) is 49.6. The van der Waals surface area contributed by atoms with Crippen molar-refractivity contribution in [1.82, 2.24) is 0 Å². The van der Waals surface area contributed by atoms with Crippen molar-refractivity contribution in [3.8, 4) is 0 Å². The standard InChI is InChI=1S/C69H120O6/c1-4-7-10-13-16-19-22-25-28-31-33-34-36-38-41-44-47-50-53-56-59-62-68(71)74-65-66(64-73-67(70)61-58-55-52-49-46-43-40-37-30-27-24-21-18-15-12-9-6-3)75-69(72)63-60-57-54-51-48-45-42-39-35-32-29-26-23-20-17-14-11-8-5-2/h7,10,16,19,25-26,28-29,33-34,38,41,47,50,66H,4-6,8-9,11-15,17-18,20-24,27,30-32,35-37,39-40,42-46,48-49,51-65H2,1-3H3/b10-7-,19-16-,28-25-,29-26-,34-33-,41-38-,50-47-. The summed E-state index contributed by atoms with van der Waals surface area (Å²) in [7, 11) is 0. The van der Waals surface area contributed by atoms with Crippen molar-refractivity contribution >= 4 is 17.9 Å². The molecular formula is C69H120O6. The predicted molar refractivity (Wildman–Crippen MR) is 325 cm³/mol. The zero-order valence-electron chi connectivity index (χ0n) is 49.6. The van der Waals surface area contributed by atoms with Crippen LogP contribution < -0.4 is 0 Å². The Morgan fingerprint density at radius 2 is 0.520 bits per heavy atom. The predicted octanol–water partition coefficient (Wildman–Crippen LogP) is 21.9. The summed E-state index contributed by atoms with van der Waals surface area (Å²) in [5.74, 6) is -0.921. The number of ether oxygens (including phenoxy) is 3. The van der Waals surface area contributed by atoms with Crippen LogP contribution in [0.5, 0.6) is 0 Å². The maximum absolute atomic E-state index is 12.9. The van der Waals surface area contributed by atoms with Gasteiger partial charge in [0.2, 0.25) is 0 Å². The fraction of sp³-hybridized carbons (Fsp3) is 0.754. The van der Waals surface area contributed by atoms with Crippen molar-refractivity contribution in [2.24, 2.45) is 0 Å². The molecule has 0 radical (unpaired) electrons. The second-order valence-electron chi connectivity index (χ2n) is 21.3. The van der Waals surface area contributed by atoms with Gasteiger partial charge in [-0.15, -0.1) is 0 Å². The van der Waals surface area contributed by atoms with E-state index in [9.17, 15) is 14.4 Å². The van der Waals surface area contributed by atoms with Gasteiger partial charge in [0.15, 0.2) is 6.10 Å².